The Labute approximate surface area is 114 Å². The Morgan fingerprint density at radius 2 is 1.65 bits per heavy atom. The zero-order valence-corrected chi connectivity index (χ0v) is 10.5. The van der Waals surface area contributed by atoms with Crippen molar-refractivity contribution in [3.05, 3.63) is 23.8 Å². The van der Waals surface area contributed by atoms with Crippen LogP contribution in [0.4, 0.5) is 11.4 Å². The number of aliphatic carboxylic acids is 2. The van der Waals surface area contributed by atoms with Crippen LogP contribution in [0.5, 0.6) is 0 Å². The summed E-state index contributed by atoms with van der Waals surface area (Å²) in [4.78, 5) is 33.3. The van der Waals surface area contributed by atoms with Gasteiger partial charge in [0.15, 0.2) is 0 Å². The highest BCUT2D eigenvalue weighted by atomic mass is 16.4. The first-order valence-corrected chi connectivity index (χ1v) is 5.71. The van der Waals surface area contributed by atoms with E-state index in [1.54, 1.807) is 0 Å². The molecule has 1 aromatic carbocycles. The average Bonchev–Trinajstić information content (AvgIpc) is 2.32. The molecule has 0 saturated heterocycles. The molecule has 7 N–H and O–H groups in total. The Bertz CT molecular complexity index is 524. The van der Waals surface area contributed by atoms with Crippen molar-refractivity contribution >= 4 is 29.2 Å². The molecule has 0 aliphatic carbocycles. The van der Waals surface area contributed by atoms with Crippen LogP contribution in [-0.2, 0) is 9.59 Å². The summed E-state index contributed by atoms with van der Waals surface area (Å²) in [5.41, 5.74) is 11.7. The Balaban J connectivity index is 2.79. The van der Waals surface area contributed by atoms with E-state index < -0.39 is 23.9 Å². The van der Waals surface area contributed by atoms with Crippen molar-refractivity contribution in [1.29, 1.82) is 0 Å². The van der Waals surface area contributed by atoms with Crippen LogP contribution in [0.25, 0.3) is 0 Å². The summed E-state index contributed by atoms with van der Waals surface area (Å²) in [5.74, 6) is -3.13. The van der Waals surface area contributed by atoms with Crippen molar-refractivity contribution in [2.75, 3.05) is 11.5 Å². The smallest absolute Gasteiger partial charge is 0.326 e. The van der Waals surface area contributed by atoms with Crippen molar-refractivity contribution in [2.45, 2.75) is 18.9 Å². The number of carbonyl (C=O) groups excluding carboxylic acids is 1. The topological polar surface area (TPSA) is 156 Å². The molecule has 0 aliphatic heterocycles. The Kier molecular flexibility index (Phi) is 4.90. The van der Waals surface area contributed by atoms with Gasteiger partial charge in [-0.15, -0.1) is 0 Å². The molecule has 1 rings (SSSR count). The summed E-state index contributed by atoms with van der Waals surface area (Å²) in [6.07, 6.45) is -0.579. The van der Waals surface area contributed by atoms with E-state index in [4.69, 9.17) is 21.7 Å². The van der Waals surface area contributed by atoms with Crippen molar-refractivity contribution in [3.63, 3.8) is 0 Å². The van der Waals surface area contributed by atoms with Crippen LogP contribution in [0.2, 0.25) is 0 Å². The van der Waals surface area contributed by atoms with E-state index in [1.165, 1.54) is 18.2 Å². The summed E-state index contributed by atoms with van der Waals surface area (Å²) >= 11 is 0. The number of rotatable bonds is 6. The normalized spacial score (nSPS) is 11.6. The van der Waals surface area contributed by atoms with E-state index in [0.29, 0.717) is 0 Å². The fourth-order valence-electron chi connectivity index (χ4n) is 1.57. The highest BCUT2D eigenvalue weighted by Crippen LogP contribution is 2.14. The molecule has 8 heteroatoms. The summed E-state index contributed by atoms with van der Waals surface area (Å²) in [5, 5.41) is 19.7. The molecule has 0 radical (unpaired) electrons. The second kappa shape index (κ2) is 6.41. The van der Waals surface area contributed by atoms with Gasteiger partial charge in [-0.25, -0.2) is 4.79 Å². The molecular formula is C12H15N3O5. The highest BCUT2D eigenvalue weighted by molar-refractivity contribution is 5.98. The zero-order chi connectivity index (χ0) is 15.3. The van der Waals surface area contributed by atoms with Crippen LogP contribution in [0.15, 0.2) is 18.2 Å². The maximum absolute atomic E-state index is 11.9. The van der Waals surface area contributed by atoms with Gasteiger partial charge in [-0.1, -0.05) is 0 Å². The molecule has 20 heavy (non-hydrogen) atoms. The average molecular weight is 281 g/mol. The number of carbonyl (C=O) groups is 3. The first-order chi connectivity index (χ1) is 9.29. The lowest BCUT2D eigenvalue weighted by Gasteiger charge is -2.14. The van der Waals surface area contributed by atoms with Gasteiger partial charge in [0.25, 0.3) is 5.91 Å². The first kappa shape index (κ1) is 15.3. The number of hydrogen-bond acceptors (Lipinski definition) is 5. The van der Waals surface area contributed by atoms with Gasteiger partial charge in [0.1, 0.15) is 6.04 Å². The van der Waals surface area contributed by atoms with Crippen LogP contribution >= 0.6 is 0 Å². The Hall–Kier alpha value is -2.77. The molecule has 0 saturated carbocycles. The second-order valence-electron chi connectivity index (χ2n) is 4.19. The third-order valence-corrected chi connectivity index (χ3v) is 2.49. The van der Waals surface area contributed by atoms with Crippen LogP contribution in [0.1, 0.15) is 23.2 Å². The fourth-order valence-corrected chi connectivity index (χ4v) is 1.57. The Morgan fingerprint density at radius 1 is 1.10 bits per heavy atom. The molecular weight excluding hydrogens is 266 g/mol. The number of nitrogens with two attached hydrogens (primary N) is 2. The maximum atomic E-state index is 11.9. The van der Waals surface area contributed by atoms with Crippen molar-refractivity contribution in [1.82, 2.24) is 5.32 Å². The fraction of sp³-hybridized carbons (Fsp3) is 0.250. The van der Waals surface area contributed by atoms with Gasteiger partial charge in [0, 0.05) is 23.4 Å². The van der Waals surface area contributed by atoms with E-state index in [-0.39, 0.29) is 29.8 Å². The molecule has 1 aromatic rings. The minimum Gasteiger partial charge on any atom is -0.481 e. The summed E-state index contributed by atoms with van der Waals surface area (Å²) in [6, 6.07) is 2.86. The van der Waals surface area contributed by atoms with Gasteiger partial charge in [-0.05, 0) is 24.6 Å². The lowest BCUT2D eigenvalue weighted by Crippen LogP contribution is -2.41. The lowest BCUT2D eigenvalue weighted by molar-refractivity contribution is -0.140. The number of nitrogen functional groups attached to an aromatic ring is 2. The minimum absolute atomic E-state index is 0.115. The molecule has 1 unspecified atom stereocenters. The van der Waals surface area contributed by atoms with Crippen LogP contribution in [-0.4, -0.2) is 34.1 Å². The molecule has 1 atom stereocenters. The number of carboxylic acid groups (broad SMARTS) is 2. The largest absolute Gasteiger partial charge is 0.481 e. The van der Waals surface area contributed by atoms with Crippen molar-refractivity contribution < 1.29 is 24.6 Å². The minimum atomic E-state index is -1.31. The monoisotopic (exact) mass is 281 g/mol. The molecule has 0 aliphatic rings. The molecule has 0 heterocycles. The van der Waals surface area contributed by atoms with Crippen LogP contribution in [0.3, 0.4) is 0 Å². The van der Waals surface area contributed by atoms with Crippen molar-refractivity contribution in [2.24, 2.45) is 0 Å². The molecule has 0 fully saturated rings. The molecule has 0 spiro atoms. The van der Waals surface area contributed by atoms with Gasteiger partial charge in [0.2, 0.25) is 0 Å². The lowest BCUT2D eigenvalue weighted by atomic mass is 10.1. The third kappa shape index (κ3) is 4.48. The third-order valence-electron chi connectivity index (χ3n) is 2.49. The number of amides is 1. The van der Waals surface area contributed by atoms with Gasteiger partial charge >= 0.3 is 11.9 Å². The predicted molar refractivity (Wildman–Crippen MR) is 71.0 cm³/mol. The number of carboxylic acids is 2. The summed E-state index contributed by atoms with van der Waals surface area (Å²) in [7, 11) is 0. The summed E-state index contributed by atoms with van der Waals surface area (Å²) < 4.78 is 0. The van der Waals surface area contributed by atoms with Crippen LogP contribution in [0, 0.1) is 0 Å². The molecule has 108 valence electrons. The number of nitrogens with one attached hydrogen (secondary N) is 1. The first-order valence-electron chi connectivity index (χ1n) is 5.71. The molecule has 1 amide bonds. The quantitative estimate of drug-likeness (QED) is 0.456. The molecule has 8 nitrogen and oxygen atoms in total. The molecule has 0 bridgehead atoms. The van der Waals surface area contributed by atoms with E-state index in [0.717, 1.165) is 0 Å². The molecule has 0 aromatic heterocycles. The standard InChI is InChI=1S/C12H15N3O5/c13-7-3-6(4-8(14)5-7)11(18)15-9(12(19)20)1-2-10(16)17/h3-5,9H,1-2,13-14H2,(H,15,18)(H,16,17)(H,19,20). The van der Waals surface area contributed by atoms with E-state index in [1.807, 2.05) is 0 Å². The summed E-state index contributed by atoms with van der Waals surface area (Å²) in [6.45, 7) is 0. The van der Waals surface area contributed by atoms with Gasteiger partial charge < -0.3 is 27.0 Å². The van der Waals surface area contributed by atoms with E-state index in [9.17, 15) is 14.4 Å². The number of benzene rings is 1. The highest BCUT2D eigenvalue weighted by Gasteiger charge is 2.21. The van der Waals surface area contributed by atoms with Gasteiger partial charge in [-0.2, -0.15) is 0 Å². The SMILES string of the molecule is Nc1cc(N)cc(C(=O)NC(CCC(=O)O)C(=O)O)c1. The number of anilines is 2. The van der Waals surface area contributed by atoms with Gasteiger partial charge in [-0.3, -0.25) is 9.59 Å². The number of hydrogen-bond donors (Lipinski definition) is 5. The zero-order valence-electron chi connectivity index (χ0n) is 10.5. The second-order valence-corrected chi connectivity index (χ2v) is 4.19. The van der Waals surface area contributed by atoms with E-state index >= 15 is 0 Å². The van der Waals surface area contributed by atoms with Gasteiger partial charge in [0.05, 0.1) is 0 Å². The maximum Gasteiger partial charge on any atom is 0.326 e. The van der Waals surface area contributed by atoms with Crippen molar-refractivity contribution in [3.8, 4) is 0 Å². The predicted octanol–water partition coefficient (Wildman–Crippen LogP) is -0.101. The van der Waals surface area contributed by atoms with Crippen LogP contribution < -0.4 is 16.8 Å². The van der Waals surface area contributed by atoms with E-state index in [2.05, 4.69) is 5.32 Å². The Morgan fingerprint density at radius 3 is 2.10 bits per heavy atom.